The minimum absolute atomic E-state index is 0.155. The standard InChI is InChI=1S/C18H19ClN4O2S/c1-12-14(19)3-2-4-16(12)26(24,25)17-11-13-15(22-17)5-6-21-18(13)23-9-7-20-8-10-23/h2-6,11,20,22H,7-10H2,1H3. The molecule has 1 fully saturated rings. The number of nitrogens with one attached hydrogen (secondary N) is 2. The number of nitrogens with zero attached hydrogens (tertiary/aromatic N) is 2. The fraction of sp³-hybridized carbons (Fsp3) is 0.278. The molecule has 4 rings (SSSR count). The molecule has 0 amide bonds. The van der Waals surface area contributed by atoms with Crippen molar-refractivity contribution >= 4 is 38.2 Å². The van der Waals surface area contributed by atoms with Crippen LogP contribution in [0, 0.1) is 6.92 Å². The summed E-state index contributed by atoms with van der Waals surface area (Å²) in [6.07, 6.45) is 1.71. The number of anilines is 1. The summed E-state index contributed by atoms with van der Waals surface area (Å²) in [4.78, 5) is 9.93. The first-order valence-corrected chi connectivity index (χ1v) is 10.3. The Morgan fingerprint density at radius 2 is 1.96 bits per heavy atom. The molecule has 0 saturated carbocycles. The molecule has 2 aromatic heterocycles. The molecule has 1 aromatic carbocycles. The van der Waals surface area contributed by atoms with Crippen molar-refractivity contribution in [3.63, 3.8) is 0 Å². The summed E-state index contributed by atoms with van der Waals surface area (Å²) in [7, 11) is -3.70. The SMILES string of the molecule is Cc1c(Cl)cccc1S(=O)(=O)c1cc2c(N3CCNCC3)nccc2[nH]1. The molecule has 1 aliphatic rings. The van der Waals surface area contributed by atoms with Crippen LogP contribution in [-0.2, 0) is 9.84 Å². The number of halogens is 1. The highest BCUT2D eigenvalue weighted by Gasteiger charge is 2.25. The van der Waals surface area contributed by atoms with Gasteiger partial charge in [-0.3, -0.25) is 0 Å². The highest BCUT2D eigenvalue weighted by atomic mass is 35.5. The van der Waals surface area contributed by atoms with Crippen LogP contribution in [0.4, 0.5) is 5.82 Å². The van der Waals surface area contributed by atoms with Crippen molar-refractivity contribution in [1.82, 2.24) is 15.3 Å². The van der Waals surface area contributed by atoms with E-state index in [2.05, 4.69) is 20.2 Å². The number of aromatic amines is 1. The smallest absolute Gasteiger partial charge is 0.222 e. The number of sulfone groups is 1. The van der Waals surface area contributed by atoms with E-state index in [1.807, 2.05) is 0 Å². The van der Waals surface area contributed by atoms with Crippen LogP contribution in [0.15, 0.2) is 46.5 Å². The number of hydrogen-bond donors (Lipinski definition) is 2. The first-order valence-electron chi connectivity index (χ1n) is 8.42. The Labute approximate surface area is 157 Å². The lowest BCUT2D eigenvalue weighted by Gasteiger charge is -2.28. The van der Waals surface area contributed by atoms with E-state index in [0.29, 0.717) is 10.6 Å². The molecular formula is C18H19ClN4O2S. The van der Waals surface area contributed by atoms with Crippen LogP contribution in [0.2, 0.25) is 5.02 Å². The van der Waals surface area contributed by atoms with Crippen molar-refractivity contribution in [2.75, 3.05) is 31.1 Å². The first-order chi connectivity index (χ1) is 12.5. The maximum atomic E-state index is 13.1. The second-order valence-corrected chi connectivity index (χ2v) is 8.63. The zero-order valence-corrected chi connectivity index (χ0v) is 15.9. The van der Waals surface area contributed by atoms with Gasteiger partial charge in [-0.1, -0.05) is 17.7 Å². The number of hydrogen-bond acceptors (Lipinski definition) is 5. The molecule has 8 heteroatoms. The quantitative estimate of drug-likeness (QED) is 0.719. The molecular weight excluding hydrogens is 372 g/mol. The van der Waals surface area contributed by atoms with Crippen molar-refractivity contribution in [2.45, 2.75) is 16.8 Å². The third-order valence-electron chi connectivity index (χ3n) is 4.72. The van der Waals surface area contributed by atoms with E-state index in [-0.39, 0.29) is 9.92 Å². The van der Waals surface area contributed by atoms with Crippen LogP contribution in [-0.4, -0.2) is 44.6 Å². The van der Waals surface area contributed by atoms with E-state index >= 15 is 0 Å². The van der Waals surface area contributed by atoms with Crippen molar-refractivity contribution in [3.05, 3.63) is 47.1 Å². The predicted molar refractivity (Wildman–Crippen MR) is 103 cm³/mol. The first kappa shape index (κ1) is 17.3. The van der Waals surface area contributed by atoms with E-state index in [0.717, 1.165) is 42.9 Å². The second kappa shape index (κ2) is 6.57. The predicted octanol–water partition coefficient (Wildman–Crippen LogP) is 2.77. The molecule has 1 aliphatic heterocycles. The maximum Gasteiger partial charge on any atom is 0.222 e. The Balaban J connectivity index is 1.84. The van der Waals surface area contributed by atoms with Crippen molar-refractivity contribution in [3.8, 4) is 0 Å². The monoisotopic (exact) mass is 390 g/mol. The van der Waals surface area contributed by atoms with Gasteiger partial charge >= 0.3 is 0 Å². The molecule has 0 bridgehead atoms. The zero-order valence-electron chi connectivity index (χ0n) is 14.3. The Morgan fingerprint density at radius 3 is 2.73 bits per heavy atom. The number of benzene rings is 1. The number of fused-ring (bicyclic) bond motifs is 1. The maximum absolute atomic E-state index is 13.1. The molecule has 136 valence electrons. The van der Waals surface area contributed by atoms with E-state index < -0.39 is 9.84 Å². The molecule has 1 saturated heterocycles. The fourth-order valence-electron chi connectivity index (χ4n) is 3.28. The number of aromatic nitrogens is 2. The summed E-state index contributed by atoms with van der Waals surface area (Å²) in [5, 5.41) is 4.71. The average molecular weight is 391 g/mol. The van der Waals surface area contributed by atoms with Crippen LogP contribution in [0.3, 0.4) is 0 Å². The Hall–Kier alpha value is -2.09. The molecule has 0 spiro atoms. The van der Waals surface area contributed by atoms with E-state index in [1.54, 1.807) is 43.5 Å². The van der Waals surface area contributed by atoms with Gasteiger partial charge in [0.15, 0.2) is 0 Å². The molecule has 0 atom stereocenters. The third kappa shape index (κ3) is 2.86. The van der Waals surface area contributed by atoms with Gasteiger partial charge in [0.1, 0.15) is 10.8 Å². The van der Waals surface area contributed by atoms with Gasteiger partial charge in [0.25, 0.3) is 0 Å². The molecule has 26 heavy (non-hydrogen) atoms. The summed E-state index contributed by atoms with van der Waals surface area (Å²) in [6, 6.07) is 8.39. The fourth-order valence-corrected chi connectivity index (χ4v) is 5.04. The molecule has 0 unspecified atom stereocenters. The normalized spacial score (nSPS) is 15.5. The largest absolute Gasteiger partial charge is 0.354 e. The van der Waals surface area contributed by atoms with Gasteiger partial charge in [0.05, 0.1) is 10.4 Å². The second-order valence-electron chi connectivity index (χ2n) is 6.33. The lowest BCUT2D eigenvalue weighted by Crippen LogP contribution is -2.43. The van der Waals surface area contributed by atoms with Crippen LogP contribution < -0.4 is 10.2 Å². The molecule has 0 radical (unpaired) electrons. The summed E-state index contributed by atoms with van der Waals surface area (Å²) >= 11 is 6.12. The van der Waals surface area contributed by atoms with Gasteiger partial charge in [-0.25, -0.2) is 13.4 Å². The highest BCUT2D eigenvalue weighted by Crippen LogP contribution is 2.32. The van der Waals surface area contributed by atoms with Gasteiger partial charge in [0, 0.05) is 42.8 Å². The van der Waals surface area contributed by atoms with Crippen LogP contribution in [0.1, 0.15) is 5.56 Å². The summed E-state index contributed by atoms with van der Waals surface area (Å²) in [5.41, 5.74) is 1.31. The Bertz CT molecular complexity index is 1070. The molecule has 3 aromatic rings. The van der Waals surface area contributed by atoms with E-state index in [1.165, 1.54) is 0 Å². The van der Waals surface area contributed by atoms with Crippen molar-refractivity contribution < 1.29 is 8.42 Å². The van der Waals surface area contributed by atoms with Crippen LogP contribution in [0.25, 0.3) is 10.9 Å². The third-order valence-corrected chi connectivity index (χ3v) is 6.95. The van der Waals surface area contributed by atoms with Gasteiger partial charge in [-0.05, 0) is 36.8 Å². The molecule has 2 N–H and O–H groups in total. The Kier molecular flexibility index (Phi) is 4.38. The van der Waals surface area contributed by atoms with Gasteiger partial charge < -0.3 is 15.2 Å². The number of H-pyrrole nitrogens is 1. The van der Waals surface area contributed by atoms with Crippen LogP contribution in [0.5, 0.6) is 0 Å². The molecule has 6 nitrogen and oxygen atoms in total. The molecule has 3 heterocycles. The van der Waals surface area contributed by atoms with E-state index in [9.17, 15) is 8.42 Å². The van der Waals surface area contributed by atoms with E-state index in [4.69, 9.17) is 11.6 Å². The minimum Gasteiger partial charge on any atom is -0.354 e. The summed E-state index contributed by atoms with van der Waals surface area (Å²) in [6.45, 7) is 5.16. The number of piperazine rings is 1. The van der Waals surface area contributed by atoms with Gasteiger partial charge in [0.2, 0.25) is 9.84 Å². The van der Waals surface area contributed by atoms with Gasteiger partial charge in [-0.2, -0.15) is 0 Å². The zero-order chi connectivity index (χ0) is 18.3. The highest BCUT2D eigenvalue weighted by molar-refractivity contribution is 7.91. The van der Waals surface area contributed by atoms with Crippen molar-refractivity contribution in [1.29, 1.82) is 0 Å². The number of pyridine rings is 1. The molecule has 0 aliphatic carbocycles. The van der Waals surface area contributed by atoms with Gasteiger partial charge in [-0.15, -0.1) is 0 Å². The Morgan fingerprint density at radius 1 is 1.19 bits per heavy atom. The summed E-state index contributed by atoms with van der Waals surface area (Å²) in [5.74, 6) is 0.810. The topological polar surface area (TPSA) is 78.1 Å². The lowest BCUT2D eigenvalue weighted by atomic mass is 10.2. The van der Waals surface area contributed by atoms with Crippen molar-refractivity contribution in [2.24, 2.45) is 0 Å². The number of rotatable bonds is 3. The summed E-state index contributed by atoms with van der Waals surface area (Å²) < 4.78 is 26.3. The lowest BCUT2D eigenvalue weighted by molar-refractivity contribution is 0.586. The minimum atomic E-state index is -3.70. The average Bonchev–Trinajstić information content (AvgIpc) is 3.10. The van der Waals surface area contributed by atoms with Crippen LogP contribution >= 0.6 is 11.6 Å².